The fraction of sp³-hybridized carbons (Fsp3) is 0.333. The van der Waals surface area contributed by atoms with Gasteiger partial charge in [-0.05, 0) is 74.9 Å². The Morgan fingerprint density at radius 2 is 2.07 bits per heavy atom. The number of benzene rings is 2. The quantitative estimate of drug-likeness (QED) is 0.356. The number of ketones is 1. The van der Waals surface area contributed by atoms with Crippen molar-refractivity contribution in [2.45, 2.75) is 46.0 Å². The third-order valence-corrected chi connectivity index (χ3v) is 6.74. The van der Waals surface area contributed by atoms with Gasteiger partial charge in [0.05, 0.1) is 5.02 Å². The van der Waals surface area contributed by atoms with Crippen LogP contribution in [0.1, 0.15) is 61.9 Å². The first kappa shape index (κ1) is 22.6. The van der Waals surface area contributed by atoms with Crippen molar-refractivity contribution < 1.29 is 9.18 Å². The molecular formula is C24H26ClFN2OS. The number of hydrogen-bond acceptors (Lipinski definition) is 4. The molecule has 0 saturated heterocycles. The molecule has 0 fully saturated rings. The van der Waals surface area contributed by atoms with Gasteiger partial charge in [0.15, 0.2) is 5.78 Å². The summed E-state index contributed by atoms with van der Waals surface area (Å²) >= 11 is 7.47. The highest BCUT2D eigenvalue weighted by Crippen LogP contribution is 2.31. The highest BCUT2D eigenvalue weighted by molar-refractivity contribution is 8.05. The Morgan fingerprint density at radius 3 is 2.80 bits per heavy atom. The summed E-state index contributed by atoms with van der Waals surface area (Å²) in [6.45, 7) is 7.00. The van der Waals surface area contributed by atoms with Crippen molar-refractivity contribution in [1.82, 2.24) is 0 Å². The fourth-order valence-electron chi connectivity index (χ4n) is 3.59. The number of carbonyl (C=O) groups excluding carboxylic acids is 1. The number of hydrogen-bond donors (Lipinski definition) is 1. The number of rotatable bonds is 7. The van der Waals surface area contributed by atoms with E-state index in [4.69, 9.17) is 11.6 Å². The molecule has 0 aliphatic carbocycles. The van der Waals surface area contributed by atoms with Crippen LogP contribution in [0.25, 0.3) is 0 Å². The highest BCUT2D eigenvalue weighted by atomic mass is 35.5. The van der Waals surface area contributed by atoms with E-state index in [1.54, 1.807) is 24.1 Å². The first-order chi connectivity index (χ1) is 14.4. The molecule has 1 aliphatic rings. The summed E-state index contributed by atoms with van der Waals surface area (Å²) in [4.78, 5) is 18.9. The second-order valence-corrected chi connectivity index (χ2v) is 8.69. The van der Waals surface area contributed by atoms with Crippen molar-refractivity contribution in [2.75, 3.05) is 11.3 Å². The first-order valence-corrected chi connectivity index (χ1v) is 11.3. The van der Waals surface area contributed by atoms with Crippen LogP contribution >= 0.6 is 23.5 Å². The number of halogens is 2. The van der Waals surface area contributed by atoms with Gasteiger partial charge >= 0.3 is 0 Å². The minimum atomic E-state index is -0.479. The van der Waals surface area contributed by atoms with Gasteiger partial charge in [0, 0.05) is 34.3 Å². The molecule has 1 atom stereocenters. The van der Waals surface area contributed by atoms with Gasteiger partial charge in [-0.3, -0.25) is 9.79 Å². The maximum atomic E-state index is 13.5. The number of nitrogens with zero attached hydrogens (tertiary/aromatic N) is 1. The minimum absolute atomic E-state index is 0.00331. The molecule has 0 saturated carbocycles. The summed E-state index contributed by atoms with van der Waals surface area (Å²) in [6, 6.07) is 12.0. The molecule has 2 aromatic rings. The number of Topliss-reactive ketones (excluding diaryl/α,β-unsaturated/α-hetero) is 1. The van der Waals surface area contributed by atoms with Gasteiger partial charge in [-0.15, -0.1) is 0 Å². The van der Waals surface area contributed by atoms with Crippen molar-refractivity contribution in [3.05, 3.63) is 74.9 Å². The Bertz CT molecular complexity index is 1000. The van der Waals surface area contributed by atoms with Gasteiger partial charge in [-0.1, -0.05) is 42.3 Å². The Balaban J connectivity index is 1.78. The molecule has 6 heteroatoms. The van der Waals surface area contributed by atoms with Crippen LogP contribution < -0.4 is 4.72 Å². The maximum Gasteiger partial charge on any atom is 0.170 e. The zero-order valence-electron chi connectivity index (χ0n) is 17.5. The summed E-state index contributed by atoms with van der Waals surface area (Å²) in [5.74, 6) is -0.850. The molecule has 0 spiro atoms. The van der Waals surface area contributed by atoms with Gasteiger partial charge in [0.1, 0.15) is 5.82 Å². The van der Waals surface area contributed by atoms with E-state index in [1.165, 1.54) is 11.6 Å². The van der Waals surface area contributed by atoms with Crippen molar-refractivity contribution >= 4 is 40.7 Å². The van der Waals surface area contributed by atoms with E-state index in [0.29, 0.717) is 12.0 Å². The topological polar surface area (TPSA) is 41.5 Å². The minimum Gasteiger partial charge on any atom is -0.326 e. The first-order valence-electron chi connectivity index (χ1n) is 10.1. The molecule has 3 nitrogen and oxygen atoms in total. The van der Waals surface area contributed by atoms with Crippen molar-refractivity contribution in [2.24, 2.45) is 4.99 Å². The lowest BCUT2D eigenvalue weighted by molar-refractivity contribution is 0.0957. The van der Waals surface area contributed by atoms with E-state index in [-0.39, 0.29) is 16.7 Å². The third kappa shape index (κ3) is 5.32. The van der Waals surface area contributed by atoms with Crippen LogP contribution in [0.3, 0.4) is 0 Å². The Labute approximate surface area is 187 Å². The van der Waals surface area contributed by atoms with Crippen LogP contribution in [0.5, 0.6) is 0 Å². The molecule has 0 amide bonds. The SMILES string of the molecule is CCC(C(=O)c1cccc(NSC2=C(C)CCCN=C2C)c1)c1ccc(F)c(Cl)c1. The third-order valence-electron chi connectivity index (χ3n) is 5.26. The summed E-state index contributed by atoms with van der Waals surface area (Å²) in [7, 11) is 0. The lowest BCUT2D eigenvalue weighted by Crippen LogP contribution is -2.12. The van der Waals surface area contributed by atoms with Crippen molar-refractivity contribution in [1.29, 1.82) is 0 Å². The van der Waals surface area contributed by atoms with Gasteiger partial charge in [0.2, 0.25) is 0 Å². The fourth-order valence-corrected chi connectivity index (χ4v) is 4.62. The number of carbonyl (C=O) groups is 1. The Kier molecular flexibility index (Phi) is 7.73. The Morgan fingerprint density at radius 1 is 1.27 bits per heavy atom. The molecule has 1 N–H and O–H groups in total. The highest BCUT2D eigenvalue weighted by Gasteiger charge is 2.21. The monoisotopic (exact) mass is 444 g/mol. The van der Waals surface area contributed by atoms with Crippen LogP contribution in [0.2, 0.25) is 5.02 Å². The van der Waals surface area contributed by atoms with Crippen molar-refractivity contribution in [3.8, 4) is 0 Å². The van der Waals surface area contributed by atoms with E-state index in [0.717, 1.165) is 41.3 Å². The normalized spacial score (nSPS) is 15.4. The van der Waals surface area contributed by atoms with Gasteiger partial charge in [0.25, 0.3) is 0 Å². The predicted octanol–water partition coefficient (Wildman–Crippen LogP) is 7.44. The van der Waals surface area contributed by atoms with Crippen LogP contribution in [-0.4, -0.2) is 18.0 Å². The molecule has 0 bridgehead atoms. The van der Waals surface area contributed by atoms with E-state index in [2.05, 4.69) is 16.6 Å². The lowest BCUT2D eigenvalue weighted by atomic mass is 9.88. The number of anilines is 1. The molecule has 1 aliphatic heterocycles. The van der Waals surface area contributed by atoms with Crippen molar-refractivity contribution in [3.63, 3.8) is 0 Å². The predicted molar refractivity (Wildman–Crippen MR) is 126 cm³/mol. The van der Waals surface area contributed by atoms with E-state index >= 15 is 0 Å². The van der Waals surface area contributed by atoms with Gasteiger partial charge in [-0.2, -0.15) is 0 Å². The van der Waals surface area contributed by atoms with E-state index in [1.807, 2.05) is 38.1 Å². The number of allylic oxidation sites excluding steroid dienone is 2. The van der Waals surface area contributed by atoms with Crippen LogP contribution in [-0.2, 0) is 0 Å². The largest absolute Gasteiger partial charge is 0.326 e. The zero-order chi connectivity index (χ0) is 21.7. The molecule has 0 aromatic heterocycles. The molecule has 158 valence electrons. The Hall–Kier alpha value is -2.11. The molecular weight excluding hydrogens is 419 g/mol. The number of aliphatic imine (C=N–C) groups is 1. The average Bonchev–Trinajstić information content (AvgIpc) is 2.90. The van der Waals surface area contributed by atoms with Gasteiger partial charge < -0.3 is 4.72 Å². The molecule has 0 radical (unpaired) electrons. The van der Waals surface area contributed by atoms with Gasteiger partial charge in [-0.25, -0.2) is 4.39 Å². The molecule has 2 aromatic carbocycles. The lowest BCUT2D eigenvalue weighted by Gasteiger charge is -2.16. The summed E-state index contributed by atoms with van der Waals surface area (Å²) in [6.07, 6.45) is 2.72. The molecule has 3 rings (SSSR count). The number of nitrogens with one attached hydrogen (secondary N) is 1. The zero-order valence-corrected chi connectivity index (χ0v) is 19.0. The van der Waals surface area contributed by atoms with Crippen LogP contribution in [0, 0.1) is 5.82 Å². The molecule has 30 heavy (non-hydrogen) atoms. The van der Waals surface area contributed by atoms with Crippen LogP contribution in [0.15, 0.2) is 57.9 Å². The smallest absolute Gasteiger partial charge is 0.170 e. The average molecular weight is 445 g/mol. The maximum absolute atomic E-state index is 13.5. The second kappa shape index (κ2) is 10.3. The summed E-state index contributed by atoms with van der Waals surface area (Å²) in [5.41, 5.74) is 4.58. The molecule has 1 unspecified atom stereocenters. The van der Waals surface area contributed by atoms with E-state index < -0.39 is 5.82 Å². The summed E-state index contributed by atoms with van der Waals surface area (Å²) in [5, 5.41) is 0.0367. The summed E-state index contributed by atoms with van der Waals surface area (Å²) < 4.78 is 16.9. The molecule has 1 heterocycles. The van der Waals surface area contributed by atoms with Crippen LogP contribution in [0.4, 0.5) is 10.1 Å². The second-order valence-electron chi connectivity index (χ2n) is 7.46. The standard InChI is InChI=1S/C24H26ClFN2OS/c1-4-20(17-10-11-22(26)21(25)14-17)23(29)18-8-5-9-19(13-18)28-30-24-15(2)7-6-12-27-16(24)3/h5,8-11,13-14,20,28H,4,6-7,12H2,1-3H3. The van der Waals surface area contributed by atoms with E-state index in [9.17, 15) is 9.18 Å².